The Morgan fingerprint density at radius 1 is 0.524 bits per heavy atom. The first-order valence-corrected chi connectivity index (χ1v) is 9.87. The second kappa shape index (κ2) is 10.1. The van der Waals surface area contributed by atoms with E-state index < -0.39 is 108 Å². The Labute approximate surface area is 227 Å². The van der Waals surface area contributed by atoms with Gasteiger partial charge in [0.1, 0.15) is 0 Å². The van der Waals surface area contributed by atoms with Gasteiger partial charge in [-0.25, -0.2) is 57.7 Å². The fourth-order valence-corrected chi connectivity index (χ4v) is 4.81. The van der Waals surface area contributed by atoms with E-state index in [1.165, 1.54) is 0 Å². The smallest absolute Gasteiger partial charge is 0.419 e. The van der Waals surface area contributed by atoms with E-state index in [0.717, 1.165) is 0 Å². The number of hydrogen-bond donors (Lipinski definition) is 11. The summed E-state index contributed by atoms with van der Waals surface area (Å²) in [5.74, 6) is -13.1. The number of imide groups is 2. The summed E-state index contributed by atoms with van der Waals surface area (Å²) in [5, 5.41) is 99.2. The molecule has 0 aromatic rings. The number of aliphatic carboxylic acids is 4. The lowest BCUT2D eigenvalue weighted by molar-refractivity contribution is -0.298. The summed E-state index contributed by atoms with van der Waals surface area (Å²) < 4.78 is 0. The van der Waals surface area contributed by atoms with E-state index >= 15 is 0 Å². The molecule has 0 saturated carbocycles. The molecule has 232 valence electrons. The van der Waals surface area contributed by atoms with Crippen LogP contribution >= 0.6 is 0 Å². The van der Waals surface area contributed by atoms with Gasteiger partial charge in [0.05, 0.1) is 0 Å². The molecule has 0 aromatic heterocycles. The van der Waals surface area contributed by atoms with Crippen LogP contribution in [0.25, 0.3) is 0 Å². The van der Waals surface area contributed by atoms with E-state index in [0.29, 0.717) is 0 Å². The summed E-state index contributed by atoms with van der Waals surface area (Å²) in [4.78, 5) is 118. The molecule has 0 spiro atoms. The number of likely N-dealkylation sites (N-methyl/N-ethyl adjacent to an activating group) is 2. The first-order chi connectivity index (χ1) is 18.9. The molecular weight excluding hydrogens is 596 g/mol. The Balaban J connectivity index is 5.35. The number of piperazine rings is 1. The van der Waals surface area contributed by atoms with E-state index in [2.05, 4.69) is 0 Å². The van der Waals surface area contributed by atoms with Crippen molar-refractivity contribution in [2.24, 2.45) is 5.73 Å². The van der Waals surface area contributed by atoms with Crippen molar-refractivity contribution in [2.75, 3.05) is 14.1 Å². The molecule has 0 aromatic carbocycles. The van der Waals surface area contributed by atoms with Crippen molar-refractivity contribution < 1.29 is 99.0 Å². The van der Waals surface area contributed by atoms with Gasteiger partial charge in [0.15, 0.2) is 0 Å². The quantitative estimate of drug-likeness (QED) is 0.135. The molecule has 26 heteroatoms. The van der Waals surface area contributed by atoms with Crippen LogP contribution in [0.2, 0.25) is 0 Å². The second-order valence-electron chi connectivity index (χ2n) is 7.82. The molecule has 1 aliphatic rings. The van der Waals surface area contributed by atoms with E-state index in [9.17, 15) is 99.0 Å². The highest BCUT2D eigenvalue weighted by molar-refractivity contribution is 6.09. The summed E-state index contributed by atoms with van der Waals surface area (Å²) in [6.07, 6.45) is -19.0. The Morgan fingerprint density at radius 2 is 0.833 bits per heavy atom. The molecule has 1 fully saturated rings. The second-order valence-corrected chi connectivity index (χ2v) is 7.82. The van der Waals surface area contributed by atoms with Crippen molar-refractivity contribution in [1.82, 2.24) is 24.5 Å². The minimum atomic E-state index is -5.56. The number of hydrogen-bond acceptors (Lipinski definition) is 12. The number of amides is 6. The Hall–Kier alpha value is -6.18. The average Bonchev–Trinajstić information content (AvgIpc) is 2.80. The van der Waals surface area contributed by atoms with Crippen molar-refractivity contribution in [3.8, 4) is 0 Å². The van der Waals surface area contributed by atoms with Gasteiger partial charge in [0.25, 0.3) is 17.0 Å². The van der Waals surface area contributed by atoms with Gasteiger partial charge in [-0.3, -0.25) is 10.6 Å². The van der Waals surface area contributed by atoms with Gasteiger partial charge in [-0.1, -0.05) is 0 Å². The van der Waals surface area contributed by atoms with Gasteiger partial charge >= 0.3 is 60.4 Å². The van der Waals surface area contributed by atoms with Gasteiger partial charge in [-0.05, 0) is 7.05 Å². The third kappa shape index (κ3) is 3.51. The van der Waals surface area contributed by atoms with Gasteiger partial charge in [-0.2, -0.15) is 9.80 Å². The molecule has 4 atom stereocenters. The van der Waals surface area contributed by atoms with Crippen LogP contribution in [0.4, 0.5) is 28.8 Å². The fraction of sp³-hybridized carbons (Fsp3) is 0.375. The monoisotopic (exact) mass is 614 g/mol. The van der Waals surface area contributed by atoms with Gasteiger partial charge < -0.3 is 51.1 Å². The number of carbonyl (C=O) groups is 10. The molecule has 0 aliphatic carbocycles. The lowest BCUT2D eigenvalue weighted by atomic mass is 9.72. The van der Waals surface area contributed by atoms with Gasteiger partial charge in [0.2, 0.25) is 5.66 Å². The minimum absolute atomic E-state index is 0.0246. The molecule has 1 aliphatic heterocycles. The fourth-order valence-electron chi connectivity index (χ4n) is 4.81. The predicted molar refractivity (Wildman–Crippen MR) is 115 cm³/mol. The molecule has 6 amide bonds. The van der Waals surface area contributed by atoms with Crippen LogP contribution in [0.1, 0.15) is 0 Å². The number of nitrogens with zero attached hydrogens (tertiary/aromatic N) is 5. The molecule has 1 saturated heterocycles. The maximum Gasteiger partial charge on any atom is 0.419 e. The SMILES string of the molecule is CN(C(=O)O)C1(C(=O)O)N(C(=O)O)C(C(=O)O)(N(C(=O)O)C(=O)O)C(C(=O)O)(N(C(=O)O)C(=O)O)N(C)C1(N)C(=O)O. The van der Waals surface area contributed by atoms with Gasteiger partial charge in [0, 0.05) is 7.05 Å². The largest absolute Gasteiger partial charge is 0.479 e. The average molecular weight is 614 g/mol. The Bertz CT molecular complexity index is 1310. The maximum absolute atomic E-state index is 13.0. The highest BCUT2D eigenvalue weighted by Crippen LogP contribution is 2.54. The van der Waals surface area contributed by atoms with Crippen molar-refractivity contribution >= 4 is 60.4 Å². The van der Waals surface area contributed by atoms with Crippen molar-refractivity contribution in [1.29, 1.82) is 0 Å². The number of nitrogens with two attached hydrogens (primary N) is 1. The summed E-state index contributed by atoms with van der Waals surface area (Å²) in [6.45, 7) is 0. The topological polar surface area (TPSA) is 415 Å². The zero-order valence-electron chi connectivity index (χ0n) is 20.4. The summed E-state index contributed by atoms with van der Waals surface area (Å²) in [7, 11) is -0.212. The lowest BCUT2D eigenvalue weighted by Gasteiger charge is -2.68. The number of carboxylic acid groups (broad SMARTS) is 10. The van der Waals surface area contributed by atoms with Crippen LogP contribution < -0.4 is 5.73 Å². The van der Waals surface area contributed by atoms with Crippen LogP contribution in [0, 0.1) is 0 Å². The third-order valence-corrected chi connectivity index (χ3v) is 6.28. The first kappa shape index (κ1) is 33.8. The number of carboxylic acids is 4. The van der Waals surface area contributed by atoms with Crippen LogP contribution in [0.3, 0.4) is 0 Å². The summed E-state index contributed by atoms with van der Waals surface area (Å²) in [5.41, 5.74) is -14.8. The zero-order valence-corrected chi connectivity index (χ0v) is 20.4. The van der Waals surface area contributed by atoms with E-state index in [-0.39, 0.29) is 14.1 Å². The highest BCUT2D eigenvalue weighted by atomic mass is 16.5. The molecule has 4 unspecified atom stereocenters. The van der Waals surface area contributed by atoms with Crippen LogP contribution in [0.5, 0.6) is 0 Å². The maximum atomic E-state index is 13.0. The normalized spacial score (nSPS) is 27.2. The van der Waals surface area contributed by atoms with Crippen LogP contribution in [-0.2, 0) is 19.2 Å². The van der Waals surface area contributed by atoms with Crippen LogP contribution in [-0.4, -0.2) is 173 Å². The van der Waals surface area contributed by atoms with Gasteiger partial charge in [-0.15, -0.1) is 0 Å². The van der Waals surface area contributed by atoms with Crippen molar-refractivity contribution in [3.63, 3.8) is 0 Å². The third-order valence-electron chi connectivity index (χ3n) is 6.28. The molecular formula is C16H18N6O20. The zero-order chi connectivity index (χ0) is 33.7. The summed E-state index contributed by atoms with van der Waals surface area (Å²) in [6, 6.07) is 0. The molecule has 1 rings (SSSR count). The van der Waals surface area contributed by atoms with Crippen molar-refractivity contribution in [3.05, 3.63) is 0 Å². The first-order valence-electron chi connectivity index (χ1n) is 9.87. The molecule has 26 nitrogen and oxygen atoms in total. The van der Waals surface area contributed by atoms with Crippen LogP contribution in [0.15, 0.2) is 0 Å². The standard InChI is InChI=1S/C16H18N6O20/c1-18(7(31)32)14(4(25)26)13(17,3(23)24)19(2)15(5(27)28,20(8(33)34)9(35)36)16(6(29)30,22(14)12(41)42)21(10(37)38)11(39)40/h17H2,1-2H3,(H,23,24)(H,25,26)(H,27,28)(H,29,30)(H,31,32)(H,33,34)(H,35,36)(H,37,38)(H,39,40)(H,41,42). The Kier molecular flexibility index (Phi) is 8.13. The predicted octanol–water partition coefficient (Wildman–Crippen LogP) is -3.08. The summed E-state index contributed by atoms with van der Waals surface area (Å²) >= 11 is 0. The highest BCUT2D eigenvalue weighted by Gasteiger charge is 2.92. The Morgan fingerprint density at radius 3 is 1.05 bits per heavy atom. The molecule has 12 N–H and O–H groups in total. The van der Waals surface area contributed by atoms with Crippen molar-refractivity contribution in [2.45, 2.75) is 22.7 Å². The molecule has 0 radical (unpaired) electrons. The minimum Gasteiger partial charge on any atom is -0.479 e. The van der Waals surface area contributed by atoms with E-state index in [4.69, 9.17) is 5.73 Å². The molecule has 1 heterocycles. The van der Waals surface area contributed by atoms with E-state index in [1.54, 1.807) is 0 Å². The molecule has 42 heavy (non-hydrogen) atoms. The van der Waals surface area contributed by atoms with E-state index in [1.807, 2.05) is 0 Å². The lowest BCUT2D eigenvalue weighted by Crippen LogP contribution is -3.04. The molecule has 0 bridgehead atoms. The number of rotatable bonds is 7.